The molecule has 0 amide bonds. The largest absolute Gasteiger partial charge is 0.311 e. The van der Waals surface area contributed by atoms with Gasteiger partial charge in [0.25, 0.3) is 0 Å². The highest BCUT2D eigenvalue weighted by molar-refractivity contribution is 5.96. The van der Waals surface area contributed by atoms with Crippen molar-refractivity contribution in [3.8, 4) is 66.8 Å². The van der Waals surface area contributed by atoms with Crippen LogP contribution in [-0.2, 0) is 0 Å². The van der Waals surface area contributed by atoms with Gasteiger partial charge in [0.2, 0.25) is 0 Å². The maximum absolute atomic E-state index is 2.35. The van der Waals surface area contributed by atoms with E-state index in [1.807, 2.05) is 0 Å². The lowest BCUT2D eigenvalue weighted by Crippen LogP contribution is -2.09. The lowest BCUT2D eigenvalue weighted by molar-refractivity contribution is 1.28. The van der Waals surface area contributed by atoms with Crippen LogP contribution in [0.2, 0.25) is 0 Å². The van der Waals surface area contributed by atoms with Crippen LogP contribution >= 0.6 is 0 Å². The number of fused-ring (bicyclic) bond motifs is 1. The van der Waals surface area contributed by atoms with Crippen molar-refractivity contribution in [2.45, 2.75) is 0 Å². The summed E-state index contributed by atoms with van der Waals surface area (Å²) in [6.07, 6.45) is 0. The first-order valence-corrected chi connectivity index (χ1v) is 20.3. The second-order valence-electron chi connectivity index (χ2n) is 14.9. The van der Waals surface area contributed by atoms with Crippen molar-refractivity contribution in [2.75, 3.05) is 4.90 Å². The molecule has 0 aliphatic heterocycles. The first-order chi connectivity index (χ1) is 29.3. The summed E-state index contributed by atoms with van der Waals surface area (Å²) in [5.41, 5.74) is 17.8. The third-order valence-electron chi connectivity index (χ3n) is 11.3. The molecule has 0 heterocycles. The van der Waals surface area contributed by atoms with Gasteiger partial charge in [0.1, 0.15) is 0 Å². The fraction of sp³-hybridized carbons (Fsp3) is 0. The van der Waals surface area contributed by atoms with Crippen molar-refractivity contribution >= 4 is 27.8 Å². The third kappa shape index (κ3) is 7.23. The molecule has 10 rings (SSSR count). The zero-order valence-electron chi connectivity index (χ0n) is 32.6. The molecule has 0 aliphatic rings. The standard InChI is InChI=1S/C58H41N/c1-3-15-42(16-4-1)44-29-35-50(36-30-44)59(51-37-31-45(32-38-51)49-28-27-43-17-7-8-20-48(43)41-49)52-39-33-47(34-40-52)54-22-10-12-24-56(54)58-26-14-13-25-57(58)55-23-11-9-21-53(55)46-18-5-2-6-19-46/h1-41H. The quantitative estimate of drug-likeness (QED) is 0.142. The fourth-order valence-electron chi connectivity index (χ4n) is 8.35. The van der Waals surface area contributed by atoms with E-state index in [-0.39, 0.29) is 0 Å². The normalized spacial score (nSPS) is 11.1. The molecule has 1 nitrogen and oxygen atoms in total. The van der Waals surface area contributed by atoms with Crippen molar-refractivity contribution in [2.24, 2.45) is 0 Å². The zero-order chi connectivity index (χ0) is 39.4. The summed E-state index contributed by atoms with van der Waals surface area (Å²) in [4.78, 5) is 2.35. The summed E-state index contributed by atoms with van der Waals surface area (Å²) in [6.45, 7) is 0. The Morgan fingerprint density at radius 3 is 0.983 bits per heavy atom. The number of benzene rings is 10. The highest BCUT2D eigenvalue weighted by Gasteiger charge is 2.17. The molecule has 10 aromatic rings. The van der Waals surface area contributed by atoms with E-state index in [9.17, 15) is 0 Å². The Morgan fingerprint density at radius 1 is 0.186 bits per heavy atom. The van der Waals surface area contributed by atoms with Crippen molar-refractivity contribution in [1.29, 1.82) is 0 Å². The molecule has 0 N–H and O–H groups in total. The summed E-state index contributed by atoms with van der Waals surface area (Å²) in [6, 6.07) is 89.7. The molecule has 59 heavy (non-hydrogen) atoms. The van der Waals surface area contributed by atoms with Crippen LogP contribution in [0.1, 0.15) is 0 Å². The van der Waals surface area contributed by atoms with E-state index in [0.29, 0.717) is 0 Å². The van der Waals surface area contributed by atoms with Crippen molar-refractivity contribution in [3.05, 3.63) is 249 Å². The van der Waals surface area contributed by atoms with Gasteiger partial charge in [0.15, 0.2) is 0 Å². The molecule has 0 saturated heterocycles. The van der Waals surface area contributed by atoms with Gasteiger partial charge in [-0.2, -0.15) is 0 Å². The van der Waals surface area contributed by atoms with E-state index in [0.717, 1.165) is 17.1 Å². The van der Waals surface area contributed by atoms with Crippen LogP contribution < -0.4 is 4.90 Å². The Balaban J connectivity index is 1.03. The molecule has 10 aromatic carbocycles. The molecule has 0 radical (unpaired) electrons. The number of hydrogen-bond acceptors (Lipinski definition) is 1. The topological polar surface area (TPSA) is 3.24 Å². The molecule has 0 aliphatic carbocycles. The van der Waals surface area contributed by atoms with Gasteiger partial charge in [0, 0.05) is 17.1 Å². The minimum Gasteiger partial charge on any atom is -0.311 e. The summed E-state index contributed by atoms with van der Waals surface area (Å²) < 4.78 is 0. The van der Waals surface area contributed by atoms with Crippen molar-refractivity contribution in [3.63, 3.8) is 0 Å². The fourth-order valence-corrected chi connectivity index (χ4v) is 8.35. The Bertz CT molecular complexity index is 3000. The molecule has 0 unspecified atom stereocenters. The molecule has 1 heteroatoms. The maximum Gasteiger partial charge on any atom is 0.0462 e. The van der Waals surface area contributed by atoms with Gasteiger partial charge in [-0.05, 0) is 120 Å². The molecule has 0 saturated carbocycles. The molecular formula is C58H41N. The van der Waals surface area contributed by atoms with Crippen LogP contribution in [0.3, 0.4) is 0 Å². The summed E-state index contributed by atoms with van der Waals surface area (Å²) in [5, 5.41) is 2.50. The molecule has 0 atom stereocenters. The summed E-state index contributed by atoms with van der Waals surface area (Å²) in [5.74, 6) is 0. The third-order valence-corrected chi connectivity index (χ3v) is 11.3. The molecule has 0 aromatic heterocycles. The van der Waals surface area contributed by atoms with Crippen LogP contribution in [0.15, 0.2) is 249 Å². The van der Waals surface area contributed by atoms with E-state index in [2.05, 4.69) is 254 Å². The Labute approximate surface area is 346 Å². The van der Waals surface area contributed by atoms with E-state index in [4.69, 9.17) is 0 Å². The lowest BCUT2D eigenvalue weighted by Gasteiger charge is -2.26. The molecule has 0 spiro atoms. The highest BCUT2D eigenvalue weighted by atomic mass is 15.1. The van der Waals surface area contributed by atoms with Gasteiger partial charge >= 0.3 is 0 Å². The first kappa shape index (κ1) is 35.7. The van der Waals surface area contributed by atoms with Gasteiger partial charge in [-0.3, -0.25) is 0 Å². The molecular weight excluding hydrogens is 711 g/mol. The van der Waals surface area contributed by atoms with Crippen LogP contribution in [0.25, 0.3) is 77.5 Å². The molecule has 278 valence electrons. The van der Waals surface area contributed by atoms with E-state index in [1.54, 1.807) is 0 Å². The maximum atomic E-state index is 2.35. The Morgan fingerprint density at radius 2 is 0.492 bits per heavy atom. The van der Waals surface area contributed by atoms with Crippen LogP contribution in [-0.4, -0.2) is 0 Å². The predicted octanol–water partition coefficient (Wildman–Crippen LogP) is 16.3. The monoisotopic (exact) mass is 751 g/mol. The minimum absolute atomic E-state index is 1.09. The summed E-state index contributed by atoms with van der Waals surface area (Å²) in [7, 11) is 0. The van der Waals surface area contributed by atoms with Gasteiger partial charge in [0.05, 0.1) is 0 Å². The predicted molar refractivity (Wildman–Crippen MR) is 251 cm³/mol. The average molecular weight is 752 g/mol. The Hall–Kier alpha value is -7.74. The first-order valence-electron chi connectivity index (χ1n) is 20.3. The second kappa shape index (κ2) is 16.0. The number of rotatable bonds is 9. The van der Waals surface area contributed by atoms with E-state index >= 15 is 0 Å². The van der Waals surface area contributed by atoms with Crippen molar-refractivity contribution in [1.82, 2.24) is 0 Å². The van der Waals surface area contributed by atoms with Crippen LogP contribution in [0, 0.1) is 0 Å². The number of hydrogen-bond donors (Lipinski definition) is 0. The van der Waals surface area contributed by atoms with Crippen LogP contribution in [0.5, 0.6) is 0 Å². The van der Waals surface area contributed by atoms with Gasteiger partial charge in [-0.15, -0.1) is 0 Å². The smallest absolute Gasteiger partial charge is 0.0462 e. The zero-order valence-corrected chi connectivity index (χ0v) is 32.6. The summed E-state index contributed by atoms with van der Waals surface area (Å²) >= 11 is 0. The van der Waals surface area contributed by atoms with Gasteiger partial charge in [-0.1, -0.05) is 206 Å². The van der Waals surface area contributed by atoms with E-state index < -0.39 is 0 Å². The Kier molecular flexibility index (Phi) is 9.68. The number of nitrogens with zero attached hydrogens (tertiary/aromatic N) is 1. The minimum atomic E-state index is 1.09. The van der Waals surface area contributed by atoms with Gasteiger partial charge in [-0.25, -0.2) is 0 Å². The molecule has 0 bridgehead atoms. The number of anilines is 3. The van der Waals surface area contributed by atoms with Crippen molar-refractivity contribution < 1.29 is 0 Å². The lowest BCUT2D eigenvalue weighted by atomic mass is 9.87. The SMILES string of the molecule is c1ccc(-c2ccc(N(c3ccc(-c4ccc5ccccc5c4)cc3)c3ccc(-c4ccccc4-c4ccccc4-c4ccccc4-c4ccccc4)cc3)cc2)cc1. The second-order valence-corrected chi connectivity index (χ2v) is 14.9. The molecule has 0 fully saturated rings. The van der Waals surface area contributed by atoms with Crippen LogP contribution in [0.4, 0.5) is 17.1 Å². The van der Waals surface area contributed by atoms with E-state index in [1.165, 1.54) is 77.5 Å². The average Bonchev–Trinajstić information content (AvgIpc) is 3.33. The highest BCUT2D eigenvalue weighted by Crippen LogP contribution is 2.43. The van der Waals surface area contributed by atoms with Gasteiger partial charge < -0.3 is 4.90 Å².